The van der Waals surface area contributed by atoms with Gasteiger partial charge in [0, 0.05) is 11.5 Å². The molecule has 0 saturated heterocycles. The molecule has 0 aliphatic heterocycles. The molecule has 0 aliphatic rings. The Hall–Kier alpha value is -1.90. The van der Waals surface area contributed by atoms with Crippen LogP contribution in [0.2, 0.25) is 5.02 Å². The lowest BCUT2D eigenvalue weighted by Gasteiger charge is -2.17. The van der Waals surface area contributed by atoms with E-state index < -0.39 is 0 Å². The van der Waals surface area contributed by atoms with Crippen LogP contribution < -0.4 is 10.3 Å². The van der Waals surface area contributed by atoms with E-state index in [0.717, 1.165) is 4.47 Å². The number of carbonyl (C=O) groups excluding carboxylic acids is 1. The molecule has 0 bridgehead atoms. The summed E-state index contributed by atoms with van der Waals surface area (Å²) in [6.45, 7) is 0.0140. The number of halogens is 2. The van der Waals surface area contributed by atoms with Crippen LogP contribution >= 0.6 is 38.9 Å². The molecule has 6 nitrogen and oxygen atoms in total. The van der Waals surface area contributed by atoms with Crippen molar-refractivity contribution in [2.75, 3.05) is 13.7 Å². The summed E-state index contributed by atoms with van der Waals surface area (Å²) in [5, 5.41) is 2.22. The van der Waals surface area contributed by atoms with Crippen LogP contribution in [0.1, 0.15) is 5.82 Å². The Labute approximate surface area is 160 Å². The van der Waals surface area contributed by atoms with Gasteiger partial charge < -0.3 is 14.6 Å². The number of amides is 1. The first-order chi connectivity index (χ1) is 11.9. The summed E-state index contributed by atoms with van der Waals surface area (Å²) in [5.41, 5.74) is 0.427. The van der Waals surface area contributed by atoms with E-state index in [9.17, 15) is 9.59 Å². The fourth-order valence-corrected chi connectivity index (χ4v) is 3.60. The van der Waals surface area contributed by atoms with Crippen LogP contribution in [0, 0.1) is 0 Å². The van der Waals surface area contributed by atoms with Gasteiger partial charge in [0.25, 0.3) is 11.5 Å². The van der Waals surface area contributed by atoms with Crippen molar-refractivity contribution in [3.63, 3.8) is 0 Å². The molecule has 1 N–H and O–H groups in total. The lowest BCUT2D eigenvalue weighted by Crippen LogP contribution is -2.32. The number of nitrogens with zero attached hydrogens (tertiary/aromatic N) is 2. The number of likely N-dealkylation sites (N-methyl/N-ethyl adjacent to an activating group) is 1. The lowest BCUT2D eigenvalue weighted by molar-refractivity contribution is -0.132. The number of H-pyrrole nitrogens is 1. The second kappa shape index (κ2) is 7.55. The highest BCUT2D eigenvalue weighted by Crippen LogP contribution is 2.27. The molecule has 1 aromatic carbocycles. The molecule has 9 heteroatoms. The number of aromatic nitrogens is 2. The third-order valence-corrected chi connectivity index (χ3v) is 5.11. The second-order valence-electron chi connectivity index (χ2n) is 5.26. The Kier molecular flexibility index (Phi) is 5.41. The highest BCUT2D eigenvalue weighted by atomic mass is 79.9. The zero-order chi connectivity index (χ0) is 18.0. The lowest BCUT2D eigenvalue weighted by atomic mass is 10.3. The van der Waals surface area contributed by atoms with Crippen molar-refractivity contribution in [1.29, 1.82) is 0 Å². The molecule has 130 valence electrons. The third-order valence-electron chi connectivity index (χ3n) is 3.42. The minimum Gasteiger partial charge on any atom is -0.482 e. The summed E-state index contributed by atoms with van der Waals surface area (Å²) in [6.07, 6.45) is 0. The first kappa shape index (κ1) is 17.9. The molecule has 0 radical (unpaired) electrons. The minimum absolute atomic E-state index is 0.164. The molecule has 0 spiro atoms. The molecule has 25 heavy (non-hydrogen) atoms. The molecular formula is C16H13BrClN3O3S. The van der Waals surface area contributed by atoms with Crippen molar-refractivity contribution >= 4 is 55.0 Å². The molecule has 0 aliphatic carbocycles. The maximum Gasteiger partial charge on any atom is 0.268 e. The number of benzene rings is 1. The van der Waals surface area contributed by atoms with Crippen LogP contribution in [0.4, 0.5) is 0 Å². The van der Waals surface area contributed by atoms with Gasteiger partial charge in [-0.25, -0.2) is 4.98 Å². The highest BCUT2D eigenvalue weighted by Gasteiger charge is 2.14. The average molecular weight is 443 g/mol. The van der Waals surface area contributed by atoms with Gasteiger partial charge in [-0.15, -0.1) is 11.3 Å². The van der Waals surface area contributed by atoms with Crippen LogP contribution in [0.25, 0.3) is 10.2 Å². The van der Waals surface area contributed by atoms with Crippen molar-refractivity contribution in [2.45, 2.75) is 6.54 Å². The first-order valence-electron chi connectivity index (χ1n) is 7.22. The van der Waals surface area contributed by atoms with Gasteiger partial charge in [-0.05, 0) is 29.6 Å². The summed E-state index contributed by atoms with van der Waals surface area (Å²) >= 11 is 10.7. The van der Waals surface area contributed by atoms with Gasteiger partial charge >= 0.3 is 0 Å². The van der Waals surface area contributed by atoms with Crippen LogP contribution in [0.15, 0.2) is 38.9 Å². The summed E-state index contributed by atoms with van der Waals surface area (Å²) in [4.78, 5) is 32.7. The number of aromatic amines is 1. The maximum atomic E-state index is 12.2. The Morgan fingerprint density at radius 2 is 2.24 bits per heavy atom. The third kappa shape index (κ3) is 4.20. The number of carbonyl (C=O) groups is 1. The van der Waals surface area contributed by atoms with Gasteiger partial charge in [0.2, 0.25) is 0 Å². The van der Waals surface area contributed by atoms with Crippen molar-refractivity contribution in [2.24, 2.45) is 0 Å². The fourth-order valence-electron chi connectivity index (χ4n) is 2.15. The molecule has 0 unspecified atom stereocenters. The number of ether oxygens (including phenoxy) is 1. The first-order valence-corrected chi connectivity index (χ1v) is 9.27. The van der Waals surface area contributed by atoms with E-state index in [4.69, 9.17) is 16.3 Å². The number of rotatable bonds is 5. The number of hydrogen-bond donors (Lipinski definition) is 1. The summed E-state index contributed by atoms with van der Waals surface area (Å²) in [5.74, 6) is 0.596. The fraction of sp³-hybridized carbons (Fsp3) is 0.188. The Balaban J connectivity index is 1.64. The van der Waals surface area contributed by atoms with E-state index >= 15 is 0 Å². The van der Waals surface area contributed by atoms with Crippen LogP contribution in [-0.4, -0.2) is 34.4 Å². The van der Waals surface area contributed by atoms with Gasteiger partial charge in [0.15, 0.2) is 6.61 Å². The average Bonchev–Trinajstić information content (AvgIpc) is 3.02. The van der Waals surface area contributed by atoms with Gasteiger partial charge in [-0.1, -0.05) is 27.5 Å². The molecule has 2 heterocycles. The molecule has 0 atom stereocenters. The standard InChI is InChI=1S/C16H13BrClN3O3S/c1-21(7-13-19-11-4-5-25-15(11)16(23)20-13)14(22)8-24-12-3-2-9(17)6-10(12)18/h2-6H,7-8H2,1H3,(H,19,20,23). The van der Waals surface area contributed by atoms with Crippen molar-refractivity contribution in [1.82, 2.24) is 14.9 Å². The predicted molar refractivity (Wildman–Crippen MR) is 101 cm³/mol. The van der Waals surface area contributed by atoms with E-state index in [2.05, 4.69) is 25.9 Å². The number of nitrogens with one attached hydrogen (secondary N) is 1. The minimum atomic E-state index is -0.257. The molecule has 0 fully saturated rings. The van der Waals surface area contributed by atoms with E-state index in [1.54, 1.807) is 36.7 Å². The van der Waals surface area contributed by atoms with Crippen LogP contribution in [0.5, 0.6) is 5.75 Å². The smallest absolute Gasteiger partial charge is 0.268 e. The second-order valence-corrected chi connectivity index (χ2v) is 7.50. The molecular weight excluding hydrogens is 430 g/mol. The van der Waals surface area contributed by atoms with Gasteiger partial charge in [0.1, 0.15) is 16.3 Å². The Morgan fingerprint density at radius 3 is 3.00 bits per heavy atom. The predicted octanol–water partition coefficient (Wildman–Crippen LogP) is 3.44. The van der Waals surface area contributed by atoms with Crippen LogP contribution in [-0.2, 0) is 11.3 Å². The van der Waals surface area contributed by atoms with Crippen LogP contribution in [0.3, 0.4) is 0 Å². The molecule has 3 rings (SSSR count). The number of hydrogen-bond acceptors (Lipinski definition) is 5. The number of thiophene rings is 1. The van der Waals surface area contributed by atoms with Crippen molar-refractivity contribution in [3.05, 3.63) is 55.3 Å². The zero-order valence-corrected chi connectivity index (χ0v) is 16.2. The highest BCUT2D eigenvalue weighted by molar-refractivity contribution is 9.10. The molecule has 2 aromatic heterocycles. The summed E-state index contributed by atoms with van der Waals surface area (Å²) in [7, 11) is 1.62. The zero-order valence-electron chi connectivity index (χ0n) is 13.1. The van der Waals surface area contributed by atoms with Gasteiger partial charge in [0.05, 0.1) is 17.1 Å². The normalized spacial score (nSPS) is 10.8. The summed E-state index contributed by atoms with van der Waals surface area (Å²) in [6, 6.07) is 6.93. The van der Waals surface area contributed by atoms with Gasteiger partial charge in [-0.2, -0.15) is 0 Å². The molecule has 0 saturated carbocycles. The largest absolute Gasteiger partial charge is 0.482 e. The summed E-state index contributed by atoms with van der Waals surface area (Å²) < 4.78 is 6.86. The van der Waals surface area contributed by atoms with E-state index in [1.807, 2.05) is 0 Å². The van der Waals surface area contributed by atoms with Crippen molar-refractivity contribution < 1.29 is 9.53 Å². The topological polar surface area (TPSA) is 75.3 Å². The van der Waals surface area contributed by atoms with E-state index in [-0.39, 0.29) is 24.6 Å². The SMILES string of the molecule is CN(Cc1nc2ccsc2c(=O)[nH]1)C(=O)COc1ccc(Br)cc1Cl. The molecule has 1 amide bonds. The Bertz CT molecular complexity index is 988. The van der Waals surface area contributed by atoms with Crippen molar-refractivity contribution in [3.8, 4) is 5.75 Å². The monoisotopic (exact) mass is 441 g/mol. The molecule has 3 aromatic rings. The Morgan fingerprint density at radius 1 is 1.44 bits per heavy atom. The van der Waals surface area contributed by atoms with E-state index in [0.29, 0.717) is 26.8 Å². The van der Waals surface area contributed by atoms with E-state index in [1.165, 1.54) is 16.2 Å². The van der Waals surface area contributed by atoms with Gasteiger partial charge in [-0.3, -0.25) is 9.59 Å². The quantitative estimate of drug-likeness (QED) is 0.657. The number of fused-ring (bicyclic) bond motifs is 1. The maximum absolute atomic E-state index is 12.2.